The summed E-state index contributed by atoms with van der Waals surface area (Å²) >= 11 is 0. The molecule has 0 saturated carbocycles. The van der Waals surface area contributed by atoms with Gasteiger partial charge in [0.2, 0.25) is 5.91 Å². The highest BCUT2D eigenvalue weighted by atomic mass is 32.2. The molecule has 0 radical (unpaired) electrons. The molecule has 16 heavy (non-hydrogen) atoms. The summed E-state index contributed by atoms with van der Waals surface area (Å²) < 4.78 is 22.9. The van der Waals surface area contributed by atoms with E-state index in [1.165, 1.54) is 4.90 Å². The standard InChI is InChI=1S/C10H19NO4S/c1-3-9(13)11(5-6-12)10(2)4-7-16(14,15)8-10/h12H,3-8H2,1-2H3/t10-/m1/s1. The molecular formula is C10H19NO4S. The van der Waals surface area contributed by atoms with Crippen molar-refractivity contribution in [1.82, 2.24) is 4.90 Å². The predicted octanol–water partition coefficient (Wildman–Crippen LogP) is -0.206. The fraction of sp³-hybridized carbons (Fsp3) is 0.900. The van der Waals surface area contributed by atoms with Crippen LogP contribution < -0.4 is 0 Å². The van der Waals surface area contributed by atoms with E-state index in [0.717, 1.165) is 0 Å². The van der Waals surface area contributed by atoms with Crippen molar-refractivity contribution in [2.24, 2.45) is 0 Å². The summed E-state index contributed by atoms with van der Waals surface area (Å²) in [7, 11) is -3.03. The highest BCUT2D eigenvalue weighted by Gasteiger charge is 2.44. The van der Waals surface area contributed by atoms with Gasteiger partial charge in [-0.05, 0) is 13.3 Å². The van der Waals surface area contributed by atoms with Crippen molar-refractivity contribution >= 4 is 15.7 Å². The molecule has 1 aliphatic rings. The van der Waals surface area contributed by atoms with E-state index < -0.39 is 15.4 Å². The first kappa shape index (κ1) is 13.4. The molecular weight excluding hydrogens is 230 g/mol. The maximum absolute atomic E-state index is 11.7. The van der Waals surface area contributed by atoms with Crippen molar-refractivity contribution in [2.75, 3.05) is 24.7 Å². The van der Waals surface area contributed by atoms with Gasteiger partial charge in [0.25, 0.3) is 0 Å². The fourth-order valence-electron chi connectivity index (χ4n) is 2.19. The molecule has 94 valence electrons. The number of aliphatic hydroxyl groups is 1. The molecule has 1 amide bonds. The van der Waals surface area contributed by atoms with Gasteiger partial charge in [-0.15, -0.1) is 0 Å². The van der Waals surface area contributed by atoms with Gasteiger partial charge in [0, 0.05) is 13.0 Å². The van der Waals surface area contributed by atoms with Crippen LogP contribution in [0.1, 0.15) is 26.7 Å². The monoisotopic (exact) mass is 249 g/mol. The molecule has 1 N–H and O–H groups in total. The number of hydrogen-bond donors (Lipinski definition) is 1. The zero-order valence-electron chi connectivity index (χ0n) is 9.77. The summed E-state index contributed by atoms with van der Waals surface area (Å²) in [6.07, 6.45) is 0.788. The van der Waals surface area contributed by atoms with Crippen molar-refractivity contribution in [2.45, 2.75) is 32.2 Å². The van der Waals surface area contributed by atoms with Crippen LogP contribution >= 0.6 is 0 Å². The first-order valence-corrected chi connectivity index (χ1v) is 7.28. The number of β-amino-alcohol motifs (C(OH)–C–C–N with tert-alkyl or cyclic N) is 1. The summed E-state index contributed by atoms with van der Waals surface area (Å²) in [5.74, 6) is 0.0300. The Labute approximate surface area is 96.4 Å². The Kier molecular flexibility index (Phi) is 3.96. The molecule has 1 aliphatic heterocycles. The van der Waals surface area contributed by atoms with Gasteiger partial charge in [0.05, 0.1) is 23.7 Å². The maximum atomic E-state index is 11.7. The molecule has 0 bridgehead atoms. The largest absolute Gasteiger partial charge is 0.395 e. The number of carbonyl (C=O) groups excluding carboxylic acids is 1. The lowest BCUT2D eigenvalue weighted by atomic mass is 9.98. The second-order valence-corrected chi connectivity index (χ2v) is 6.65. The van der Waals surface area contributed by atoms with Crippen LogP contribution in [0.2, 0.25) is 0 Å². The molecule has 1 rings (SSSR count). The van der Waals surface area contributed by atoms with E-state index in [9.17, 15) is 13.2 Å². The minimum Gasteiger partial charge on any atom is -0.395 e. The van der Waals surface area contributed by atoms with Crippen LogP contribution in [-0.2, 0) is 14.6 Å². The number of nitrogens with zero attached hydrogens (tertiary/aromatic N) is 1. The van der Waals surface area contributed by atoms with Gasteiger partial charge in [-0.3, -0.25) is 4.79 Å². The van der Waals surface area contributed by atoms with Gasteiger partial charge in [-0.25, -0.2) is 8.42 Å². The van der Waals surface area contributed by atoms with Gasteiger partial charge < -0.3 is 10.0 Å². The lowest BCUT2D eigenvalue weighted by Gasteiger charge is -2.37. The summed E-state index contributed by atoms with van der Waals surface area (Å²) in [5.41, 5.74) is -0.644. The lowest BCUT2D eigenvalue weighted by Crippen LogP contribution is -2.51. The Morgan fingerprint density at radius 3 is 2.50 bits per heavy atom. The van der Waals surface area contributed by atoms with E-state index in [0.29, 0.717) is 12.8 Å². The average molecular weight is 249 g/mol. The van der Waals surface area contributed by atoms with Gasteiger partial charge in [-0.2, -0.15) is 0 Å². The minimum absolute atomic E-state index is 0.00569. The molecule has 0 aliphatic carbocycles. The molecule has 0 aromatic rings. The molecule has 6 heteroatoms. The third-order valence-electron chi connectivity index (χ3n) is 3.06. The first-order valence-electron chi connectivity index (χ1n) is 5.46. The van der Waals surface area contributed by atoms with E-state index in [-0.39, 0.29) is 30.6 Å². The molecule has 1 saturated heterocycles. The SMILES string of the molecule is CCC(=O)N(CCO)[C@]1(C)CCS(=O)(=O)C1. The summed E-state index contributed by atoms with van der Waals surface area (Å²) in [5, 5.41) is 8.94. The van der Waals surface area contributed by atoms with E-state index in [2.05, 4.69) is 0 Å². The predicted molar refractivity (Wildman–Crippen MR) is 60.8 cm³/mol. The zero-order valence-corrected chi connectivity index (χ0v) is 10.6. The molecule has 0 unspecified atom stereocenters. The topological polar surface area (TPSA) is 74.7 Å². The number of sulfone groups is 1. The molecule has 0 spiro atoms. The number of amides is 1. The second-order valence-electron chi connectivity index (χ2n) is 4.46. The summed E-state index contributed by atoms with van der Waals surface area (Å²) in [6.45, 7) is 3.58. The van der Waals surface area contributed by atoms with Crippen LogP contribution in [-0.4, -0.2) is 54.5 Å². The Hall–Kier alpha value is -0.620. The number of aliphatic hydroxyl groups excluding tert-OH is 1. The number of carbonyl (C=O) groups is 1. The van der Waals surface area contributed by atoms with Gasteiger partial charge in [-0.1, -0.05) is 6.92 Å². The highest BCUT2D eigenvalue weighted by Crippen LogP contribution is 2.29. The highest BCUT2D eigenvalue weighted by molar-refractivity contribution is 7.91. The molecule has 0 aromatic heterocycles. The first-order chi connectivity index (χ1) is 7.34. The van der Waals surface area contributed by atoms with E-state index >= 15 is 0 Å². The molecule has 0 aromatic carbocycles. The van der Waals surface area contributed by atoms with Gasteiger partial charge >= 0.3 is 0 Å². The fourth-order valence-corrected chi connectivity index (χ4v) is 4.34. The average Bonchev–Trinajstić information content (AvgIpc) is 2.49. The van der Waals surface area contributed by atoms with Crippen LogP contribution in [0, 0.1) is 0 Å². The number of hydrogen-bond acceptors (Lipinski definition) is 4. The lowest BCUT2D eigenvalue weighted by molar-refractivity contribution is -0.136. The van der Waals surface area contributed by atoms with Crippen LogP contribution in [0.25, 0.3) is 0 Å². The zero-order chi connectivity index (χ0) is 12.4. The smallest absolute Gasteiger partial charge is 0.222 e. The van der Waals surface area contributed by atoms with E-state index in [4.69, 9.17) is 5.11 Å². The van der Waals surface area contributed by atoms with Crippen molar-refractivity contribution in [3.05, 3.63) is 0 Å². The normalized spacial score (nSPS) is 27.9. The van der Waals surface area contributed by atoms with E-state index in [1.54, 1.807) is 13.8 Å². The minimum atomic E-state index is -3.03. The van der Waals surface area contributed by atoms with Crippen LogP contribution in [0.3, 0.4) is 0 Å². The molecule has 1 heterocycles. The van der Waals surface area contributed by atoms with Crippen LogP contribution in [0.4, 0.5) is 0 Å². The van der Waals surface area contributed by atoms with Gasteiger partial charge in [0.15, 0.2) is 9.84 Å². The second kappa shape index (κ2) is 4.71. The Morgan fingerprint density at radius 1 is 1.50 bits per heavy atom. The molecule has 1 fully saturated rings. The van der Waals surface area contributed by atoms with Gasteiger partial charge in [0.1, 0.15) is 0 Å². The van der Waals surface area contributed by atoms with Crippen LogP contribution in [0.15, 0.2) is 0 Å². The Bertz CT molecular complexity index is 365. The summed E-state index contributed by atoms with van der Waals surface area (Å²) in [6, 6.07) is 0. The summed E-state index contributed by atoms with van der Waals surface area (Å²) in [4.78, 5) is 13.2. The van der Waals surface area contributed by atoms with Crippen molar-refractivity contribution < 1.29 is 18.3 Å². The number of rotatable bonds is 4. The molecule has 1 atom stereocenters. The van der Waals surface area contributed by atoms with E-state index in [1.807, 2.05) is 0 Å². The van der Waals surface area contributed by atoms with Crippen molar-refractivity contribution in [1.29, 1.82) is 0 Å². The Balaban J connectivity index is 2.90. The quantitative estimate of drug-likeness (QED) is 0.748. The van der Waals surface area contributed by atoms with Crippen molar-refractivity contribution in [3.8, 4) is 0 Å². The molecule has 5 nitrogen and oxygen atoms in total. The van der Waals surface area contributed by atoms with Crippen molar-refractivity contribution in [3.63, 3.8) is 0 Å². The third-order valence-corrected chi connectivity index (χ3v) is 4.95. The Morgan fingerprint density at radius 2 is 2.12 bits per heavy atom. The van der Waals surface area contributed by atoms with Crippen LogP contribution in [0.5, 0.6) is 0 Å². The maximum Gasteiger partial charge on any atom is 0.222 e. The third kappa shape index (κ3) is 2.74.